The zero-order valence-electron chi connectivity index (χ0n) is 10.5. The van der Waals surface area contributed by atoms with Crippen molar-refractivity contribution in [3.8, 4) is 0 Å². The molecule has 0 fully saturated rings. The topological polar surface area (TPSA) is 78.9 Å². The van der Waals surface area contributed by atoms with Crippen molar-refractivity contribution < 1.29 is 10.0 Å². The average Bonchev–Trinajstić information content (AvgIpc) is 2.43. The second-order valence-electron chi connectivity index (χ2n) is 3.79. The van der Waals surface area contributed by atoms with E-state index in [4.69, 9.17) is 10.9 Å². The molecule has 1 aromatic rings. The number of rotatable bonds is 5. The van der Waals surface area contributed by atoms with Gasteiger partial charge in [0.05, 0.1) is 0 Å². The number of carbonyl (C=O) groups is 1. The van der Waals surface area contributed by atoms with E-state index >= 15 is 0 Å². The molecule has 3 N–H and O–H groups in total. The molecule has 0 heterocycles. The maximum absolute atomic E-state index is 12.1. The lowest BCUT2D eigenvalue weighted by Gasteiger charge is -2.16. The minimum atomic E-state index is -0.0726. The van der Waals surface area contributed by atoms with Crippen LogP contribution in [0.2, 0.25) is 0 Å². The van der Waals surface area contributed by atoms with Gasteiger partial charge in [0.25, 0.3) is 5.91 Å². The molecule has 0 atom stereocenters. The summed E-state index contributed by atoms with van der Waals surface area (Å²) in [6.45, 7) is 0.688. The zero-order chi connectivity index (χ0) is 13.5. The third-order valence-corrected chi connectivity index (χ3v) is 3.08. The minimum absolute atomic E-state index is 0.00332. The quantitative estimate of drug-likeness (QED) is 0.364. The molecular weight excluding hydrogens is 250 g/mol. The summed E-state index contributed by atoms with van der Waals surface area (Å²) >= 11 is 1.69. The predicted octanol–water partition coefficient (Wildman–Crippen LogP) is 1.22. The lowest BCUT2D eigenvalue weighted by molar-refractivity contribution is 0.0803. The number of oxime groups is 1. The van der Waals surface area contributed by atoms with Crippen LogP contribution in [0, 0.1) is 0 Å². The van der Waals surface area contributed by atoms with Gasteiger partial charge in [-0.15, -0.1) is 0 Å². The number of nitrogens with zero attached hydrogens (tertiary/aromatic N) is 2. The van der Waals surface area contributed by atoms with Crippen molar-refractivity contribution >= 4 is 23.5 Å². The Morgan fingerprint density at radius 3 is 2.78 bits per heavy atom. The number of carbonyl (C=O) groups excluding carboxylic acids is 1. The van der Waals surface area contributed by atoms with Crippen LogP contribution in [0.15, 0.2) is 29.4 Å². The molecule has 5 nitrogen and oxygen atoms in total. The Hall–Kier alpha value is -1.69. The van der Waals surface area contributed by atoms with Crippen molar-refractivity contribution in [3.05, 3.63) is 35.4 Å². The second kappa shape index (κ2) is 6.90. The Bertz CT molecular complexity index is 449. The van der Waals surface area contributed by atoms with Crippen molar-refractivity contribution in [3.63, 3.8) is 0 Å². The number of amidine groups is 1. The van der Waals surface area contributed by atoms with Crippen LogP contribution in [-0.4, -0.2) is 47.5 Å². The molecule has 1 rings (SSSR count). The van der Waals surface area contributed by atoms with Gasteiger partial charge in [-0.25, -0.2) is 0 Å². The van der Waals surface area contributed by atoms with Crippen molar-refractivity contribution in [2.45, 2.75) is 0 Å². The first-order chi connectivity index (χ1) is 8.60. The third kappa shape index (κ3) is 3.66. The van der Waals surface area contributed by atoms with Crippen LogP contribution in [0.25, 0.3) is 0 Å². The lowest BCUT2D eigenvalue weighted by atomic mass is 10.1. The van der Waals surface area contributed by atoms with Crippen LogP contribution in [0.5, 0.6) is 0 Å². The fraction of sp³-hybridized carbons (Fsp3) is 0.333. The number of amides is 1. The van der Waals surface area contributed by atoms with Crippen molar-refractivity contribution in [2.75, 3.05) is 25.6 Å². The number of hydrogen-bond acceptors (Lipinski definition) is 4. The van der Waals surface area contributed by atoms with Gasteiger partial charge in [0, 0.05) is 30.5 Å². The fourth-order valence-corrected chi connectivity index (χ4v) is 1.88. The van der Waals surface area contributed by atoms with Crippen LogP contribution >= 0.6 is 11.8 Å². The normalized spacial score (nSPS) is 11.3. The summed E-state index contributed by atoms with van der Waals surface area (Å²) < 4.78 is 0. The summed E-state index contributed by atoms with van der Waals surface area (Å²) in [4.78, 5) is 13.7. The Kier molecular flexibility index (Phi) is 5.51. The first-order valence-electron chi connectivity index (χ1n) is 5.42. The summed E-state index contributed by atoms with van der Waals surface area (Å²) in [7, 11) is 1.76. The molecule has 0 saturated carbocycles. The smallest absolute Gasteiger partial charge is 0.253 e. The largest absolute Gasteiger partial charge is 0.409 e. The standard InChI is InChI=1S/C12H17N3O2S/c1-15(6-7-18-2)12(16)10-5-3-4-9(8-10)11(13)14-17/h3-5,8,17H,6-7H2,1-2H3,(H2,13,14). The first kappa shape index (κ1) is 14.4. The Morgan fingerprint density at radius 1 is 1.50 bits per heavy atom. The van der Waals surface area contributed by atoms with E-state index in [9.17, 15) is 4.79 Å². The molecule has 0 unspecified atom stereocenters. The van der Waals surface area contributed by atoms with E-state index in [1.807, 2.05) is 6.26 Å². The molecule has 1 amide bonds. The van der Waals surface area contributed by atoms with Crippen LogP contribution in [0.4, 0.5) is 0 Å². The maximum atomic E-state index is 12.1. The van der Waals surface area contributed by atoms with Crippen LogP contribution in [-0.2, 0) is 0 Å². The van der Waals surface area contributed by atoms with E-state index in [0.29, 0.717) is 17.7 Å². The number of benzene rings is 1. The molecule has 18 heavy (non-hydrogen) atoms. The Labute approximate surface area is 111 Å². The van der Waals surface area contributed by atoms with Gasteiger partial charge in [-0.3, -0.25) is 4.79 Å². The van der Waals surface area contributed by atoms with E-state index in [0.717, 1.165) is 5.75 Å². The highest BCUT2D eigenvalue weighted by molar-refractivity contribution is 7.98. The summed E-state index contributed by atoms with van der Waals surface area (Å²) in [5, 5.41) is 11.5. The maximum Gasteiger partial charge on any atom is 0.253 e. The second-order valence-corrected chi connectivity index (χ2v) is 4.77. The van der Waals surface area contributed by atoms with Gasteiger partial charge in [0.2, 0.25) is 0 Å². The van der Waals surface area contributed by atoms with Crippen LogP contribution in [0.3, 0.4) is 0 Å². The highest BCUT2D eigenvalue weighted by atomic mass is 32.2. The summed E-state index contributed by atoms with van der Waals surface area (Å²) in [6, 6.07) is 6.73. The predicted molar refractivity (Wildman–Crippen MR) is 74.3 cm³/mol. The van der Waals surface area contributed by atoms with Crippen LogP contribution in [0.1, 0.15) is 15.9 Å². The molecule has 0 bridgehead atoms. The average molecular weight is 267 g/mol. The van der Waals surface area contributed by atoms with Crippen molar-refractivity contribution in [2.24, 2.45) is 10.9 Å². The molecule has 1 aromatic carbocycles. The Balaban J connectivity index is 2.86. The fourth-order valence-electron chi connectivity index (χ4n) is 1.42. The molecular formula is C12H17N3O2S. The number of thioether (sulfide) groups is 1. The lowest BCUT2D eigenvalue weighted by Crippen LogP contribution is -2.29. The number of nitrogens with two attached hydrogens (primary N) is 1. The molecule has 6 heteroatoms. The molecule has 0 aliphatic heterocycles. The van der Waals surface area contributed by atoms with Gasteiger partial charge >= 0.3 is 0 Å². The highest BCUT2D eigenvalue weighted by Gasteiger charge is 2.12. The molecule has 0 radical (unpaired) electrons. The molecule has 0 aliphatic rings. The SMILES string of the molecule is CSCCN(C)C(=O)c1cccc(/C(N)=N/O)c1. The van der Waals surface area contributed by atoms with E-state index < -0.39 is 0 Å². The van der Waals surface area contributed by atoms with Gasteiger partial charge in [0.15, 0.2) is 5.84 Å². The summed E-state index contributed by atoms with van der Waals surface area (Å²) in [5.74, 6) is 0.815. The van der Waals surface area contributed by atoms with E-state index in [1.165, 1.54) is 0 Å². The highest BCUT2D eigenvalue weighted by Crippen LogP contribution is 2.08. The first-order valence-corrected chi connectivity index (χ1v) is 6.82. The summed E-state index contributed by atoms with van der Waals surface area (Å²) in [6.07, 6.45) is 2.00. The van der Waals surface area contributed by atoms with Crippen LogP contribution < -0.4 is 5.73 Å². The van der Waals surface area contributed by atoms with E-state index in [2.05, 4.69) is 5.16 Å². The Morgan fingerprint density at radius 2 is 2.17 bits per heavy atom. The molecule has 0 aliphatic carbocycles. The minimum Gasteiger partial charge on any atom is -0.409 e. The molecule has 0 aromatic heterocycles. The van der Waals surface area contributed by atoms with Crippen molar-refractivity contribution in [1.29, 1.82) is 0 Å². The summed E-state index contributed by atoms with van der Waals surface area (Å²) in [5.41, 5.74) is 6.55. The van der Waals surface area contributed by atoms with E-state index in [-0.39, 0.29) is 11.7 Å². The van der Waals surface area contributed by atoms with Gasteiger partial charge in [-0.2, -0.15) is 11.8 Å². The van der Waals surface area contributed by atoms with Gasteiger partial charge in [-0.05, 0) is 18.4 Å². The van der Waals surface area contributed by atoms with Crippen molar-refractivity contribution in [1.82, 2.24) is 4.90 Å². The third-order valence-electron chi connectivity index (χ3n) is 2.49. The molecule has 98 valence electrons. The van der Waals surface area contributed by atoms with Gasteiger partial charge in [-0.1, -0.05) is 17.3 Å². The van der Waals surface area contributed by atoms with E-state index in [1.54, 1.807) is 48.0 Å². The number of hydrogen-bond donors (Lipinski definition) is 2. The van der Waals surface area contributed by atoms with Gasteiger partial charge in [0.1, 0.15) is 0 Å². The monoisotopic (exact) mass is 267 g/mol. The van der Waals surface area contributed by atoms with Gasteiger partial charge < -0.3 is 15.8 Å². The molecule has 0 spiro atoms. The zero-order valence-corrected chi connectivity index (χ0v) is 11.3. The molecule has 0 saturated heterocycles.